The Balaban J connectivity index is 2.58. The molecule has 2 atom stereocenters. The fourth-order valence-electron chi connectivity index (χ4n) is 1.47. The third kappa shape index (κ3) is 2.45. The van der Waals surface area contributed by atoms with E-state index in [1.165, 1.54) is 0 Å². The summed E-state index contributed by atoms with van der Waals surface area (Å²) in [5, 5.41) is 3.25. The molecule has 0 aromatic carbocycles. The lowest BCUT2D eigenvalue weighted by Crippen LogP contribution is -2.48. The van der Waals surface area contributed by atoms with E-state index in [-0.39, 0.29) is 6.04 Å². The summed E-state index contributed by atoms with van der Waals surface area (Å²) in [5.41, 5.74) is 0. The van der Waals surface area contributed by atoms with E-state index in [0.29, 0.717) is 24.0 Å². The minimum absolute atomic E-state index is 0.175. The maximum absolute atomic E-state index is 11.2. The van der Waals surface area contributed by atoms with Crippen molar-refractivity contribution in [3.8, 4) is 0 Å². The quantitative estimate of drug-likeness (QED) is 0.688. The molecule has 2 unspecified atom stereocenters. The van der Waals surface area contributed by atoms with Gasteiger partial charge in [-0.05, 0) is 5.92 Å². The molecule has 0 spiro atoms. The second-order valence-electron chi connectivity index (χ2n) is 3.56. The van der Waals surface area contributed by atoms with Crippen LogP contribution in [0.5, 0.6) is 0 Å². The van der Waals surface area contributed by atoms with Gasteiger partial charge >= 0.3 is 0 Å². The van der Waals surface area contributed by atoms with E-state index in [9.17, 15) is 8.42 Å². The third-order valence-corrected chi connectivity index (χ3v) is 4.28. The first-order valence-corrected chi connectivity index (χ1v) is 6.31. The minimum atomic E-state index is -2.75. The zero-order valence-corrected chi connectivity index (χ0v) is 8.52. The van der Waals surface area contributed by atoms with Crippen molar-refractivity contribution in [2.45, 2.75) is 26.3 Å². The average Bonchev–Trinajstić information content (AvgIpc) is 2.01. The van der Waals surface area contributed by atoms with Gasteiger partial charge in [-0.2, -0.15) is 0 Å². The lowest BCUT2D eigenvalue weighted by Gasteiger charge is -2.28. The zero-order valence-electron chi connectivity index (χ0n) is 7.71. The van der Waals surface area contributed by atoms with Gasteiger partial charge in [0, 0.05) is 12.6 Å². The molecule has 0 radical (unpaired) electrons. The summed E-state index contributed by atoms with van der Waals surface area (Å²) in [5.74, 6) is 1.09. The molecule has 0 amide bonds. The molecule has 1 saturated heterocycles. The molecule has 1 aliphatic heterocycles. The van der Waals surface area contributed by atoms with Crippen LogP contribution in [0, 0.1) is 5.92 Å². The monoisotopic (exact) mass is 191 g/mol. The van der Waals surface area contributed by atoms with Gasteiger partial charge in [-0.3, -0.25) is 0 Å². The van der Waals surface area contributed by atoms with Crippen molar-refractivity contribution < 1.29 is 8.42 Å². The van der Waals surface area contributed by atoms with E-state index in [1.54, 1.807) is 0 Å². The zero-order chi connectivity index (χ0) is 9.19. The van der Waals surface area contributed by atoms with Gasteiger partial charge in [0.25, 0.3) is 0 Å². The molecular formula is C8H17NO2S. The van der Waals surface area contributed by atoms with Gasteiger partial charge in [-0.25, -0.2) is 8.42 Å². The van der Waals surface area contributed by atoms with Crippen LogP contribution in [0.4, 0.5) is 0 Å². The summed E-state index contributed by atoms with van der Waals surface area (Å²) in [6, 6.07) is 0.175. The lowest BCUT2D eigenvalue weighted by molar-refractivity contribution is 0.387. The molecule has 0 aliphatic carbocycles. The molecule has 1 rings (SSSR count). The summed E-state index contributed by atoms with van der Waals surface area (Å²) < 4.78 is 22.5. The van der Waals surface area contributed by atoms with Gasteiger partial charge < -0.3 is 5.32 Å². The molecule has 1 N–H and O–H groups in total. The summed E-state index contributed by atoms with van der Waals surface area (Å²) in [4.78, 5) is 0. The molecule has 72 valence electrons. The normalized spacial score (nSPS) is 31.3. The number of nitrogens with one attached hydrogen (secondary N) is 1. The van der Waals surface area contributed by atoms with Crippen LogP contribution in [0.25, 0.3) is 0 Å². The molecule has 0 aromatic rings. The highest BCUT2D eigenvalue weighted by Crippen LogP contribution is 2.13. The van der Waals surface area contributed by atoms with Crippen LogP contribution in [0.2, 0.25) is 0 Å². The van der Waals surface area contributed by atoms with E-state index < -0.39 is 9.84 Å². The van der Waals surface area contributed by atoms with Gasteiger partial charge in [-0.15, -0.1) is 0 Å². The van der Waals surface area contributed by atoms with Crippen LogP contribution >= 0.6 is 0 Å². The van der Waals surface area contributed by atoms with E-state index in [1.807, 2.05) is 0 Å². The Morgan fingerprint density at radius 3 is 2.75 bits per heavy atom. The molecule has 0 saturated carbocycles. The topological polar surface area (TPSA) is 46.2 Å². The van der Waals surface area contributed by atoms with Crippen LogP contribution in [-0.4, -0.2) is 32.5 Å². The molecule has 4 heteroatoms. The molecule has 1 aliphatic rings. The number of rotatable bonds is 2. The highest BCUT2D eigenvalue weighted by Gasteiger charge is 2.26. The molecule has 1 fully saturated rings. The molecule has 3 nitrogen and oxygen atoms in total. The predicted octanol–water partition coefficient (Wildman–Crippen LogP) is 0.419. The average molecular weight is 191 g/mol. The van der Waals surface area contributed by atoms with Crippen molar-refractivity contribution in [1.82, 2.24) is 5.32 Å². The van der Waals surface area contributed by atoms with Crippen LogP contribution in [0.15, 0.2) is 0 Å². The second-order valence-corrected chi connectivity index (χ2v) is 5.79. The number of hydrogen-bond donors (Lipinski definition) is 1. The Morgan fingerprint density at radius 1 is 1.58 bits per heavy atom. The molecule has 0 aromatic heterocycles. The summed E-state index contributed by atoms with van der Waals surface area (Å²) in [6.45, 7) is 4.81. The largest absolute Gasteiger partial charge is 0.312 e. The summed E-state index contributed by atoms with van der Waals surface area (Å²) >= 11 is 0. The maximum Gasteiger partial charge on any atom is 0.153 e. The van der Waals surface area contributed by atoms with Crippen molar-refractivity contribution >= 4 is 9.84 Å². The maximum atomic E-state index is 11.2. The number of hydrogen-bond acceptors (Lipinski definition) is 3. The summed E-state index contributed by atoms with van der Waals surface area (Å²) in [7, 11) is -2.75. The van der Waals surface area contributed by atoms with Crippen molar-refractivity contribution in [3.05, 3.63) is 0 Å². The standard InChI is InChI=1S/C8H17NO2S/c1-3-7(2)8-6-12(10,11)5-4-9-8/h7-9H,3-6H2,1-2H3. The third-order valence-electron chi connectivity index (χ3n) is 2.58. The minimum Gasteiger partial charge on any atom is -0.312 e. The van der Waals surface area contributed by atoms with Gasteiger partial charge in [0.15, 0.2) is 9.84 Å². The molecule has 12 heavy (non-hydrogen) atoms. The van der Waals surface area contributed by atoms with E-state index >= 15 is 0 Å². The van der Waals surface area contributed by atoms with Crippen LogP contribution in [0.3, 0.4) is 0 Å². The molecule has 0 bridgehead atoms. The Bertz CT molecular complexity index is 235. The van der Waals surface area contributed by atoms with E-state index in [4.69, 9.17) is 0 Å². The highest BCUT2D eigenvalue weighted by molar-refractivity contribution is 7.91. The fraction of sp³-hybridized carbons (Fsp3) is 1.00. The Labute approximate surface area is 74.5 Å². The van der Waals surface area contributed by atoms with Crippen LogP contribution in [0.1, 0.15) is 20.3 Å². The van der Waals surface area contributed by atoms with Crippen molar-refractivity contribution in [3.63, 3.8) is 0 Å². The van der Waals surface area contributed by atoms with Crippen molar-refractivity contribution in [2.75, 3.05) is 18.1 Å². The first-order chi connectivity index (χ1) is 5.55. The molecule has 1 heterocycles. The Morgan fingerprint density at radius 2 is 2.25 bits per heavy atom. The SMILES string of the molecule is CCC(C)C1CS(=O)(=O)CCN1. The number of sulfone groups is 1. The van der Waals surface area contributed by atoms with Gasteiger partial charge in [-0.1, -0.05) is 20.3 Å². The first kappa shape index (κ1) is 9.99. The summed E-state index contributed by atoms with van der Waals surface area (Å²) in [6.07, 6.45) is 1.03. The van der Waals surface area contributed by atoms with Crippen LogP contribution in [-0.2, 0) is 9.84 Å². The van der Waals surface area contributed by atoms with Gasteiger partial charge in [0.1, 0.15) is 0 Å². The first-order valence-electron chi connectivity index (χ1n) is 4.49. The second kappa shape index (κ2) is 3.75. The van der Waals surface area contributed by atoms with E-state index in [2.05, 4.69) is 19.2 Å². The van der Waals surface area contributed by atoms with Gasteiger partial charge in [0.05, 0.1) is 11.5 Å². The van der Waals surface area contributed by atoms with E-state index in [0.717, 1.165) is 6.42 Å². The van der Waals surface area contributed by atoms with Crippen molar-refractivity contribution in [2.24, 2.45) is 5.92 Å². The highest BCUT2D eigenvalue weighted by atomic mass is 32.2. The Kier molecular flexibility index (Phi) is 3.12. The molecular weight excluding hydrogens is 174 g/mol. The smallest absolute Gasteiger partial charge is 0.153 e. The lowest BCUT2D eigenvalue weighted by atomic mass is 10.0. The van der Waals surface area contributed by atoms with Gasteiger partial charge in [0.2, 0.25) is 0 Å². The predicted molar refractivity (Wildman–Crippen MR) is 49.9 cm³/mol. The Hall–Kier alpha value is -0.0900. The fourth-order valence-corrected chi connectivity index (χ4v) is 3.05. The van der Waals surface area contributed by atoms with Crippen molar-refractivity contribution in [1.29, 1.82) is 0 Å². The van der Waals surface area contributed by atoms with Crippen LogP contribution < -0.4 is 5.32 Å².